The summed E-state index contributed by atoms with van der Waals surface area (Å²) in [5.41, 5.74) is 0.791. The SMILES string of the molecule is COc1cccc(Cl)c1CNC=O. The molecular weight excluding hydrogens is 190 g/mol. The van der Waals surface area contributed by atoms with Gasteiger partial charge in [-0.1, -0.05) is 17.7 Å². The molecule has 0 saturated carbocycles. The Morgan fingerprint density at radius 2 is 2.38 bits per heavy atom. The molecule has 0 spiro atoms. The van der Waals surface area contributed by atoms with Gasteiger partial charge in [0.1, 0.15) is 5.75 Å². The number of ether oxygens (including phenoxy) is 1. The van der Waals surface area contributed by atoms with E-state index in [9.17, 15) is 4.79 Å². The summed E-state index contributed by atoms with van der Waals surface area (Å²) in [7, 11) is 1.57. The molecule has 1 aromatic rings. The first-order valence-electron chi connectivity index (χ1n) is 3.78. The van der Waals surface area contributed by atoms with Crippen molar-refractivity contribution in [2.24, 2.45) is 0 Å². The van der Waals surface area contributed by atoms with Crippen molar-refractivity contribution in [3.8, 4) is 5.75 Å². The van der Waals surface area contributed by atoms with E-state index in [0.29, 0.717) is 23.7 Å². The standard InChI is InChI=1S/C9H10ClNO2/c1-13-9-4-2-3-8(10)7(9)5-11-6-12/h2-4,6H,5H2,1H3,(H,11,12). The summed E-state index contributed by atoms with van der Waals surface area (Å²) in [5, 5.41) is 3.13. The fourth-order valence-corrected chi connectivity index (χ4v) is 1.28. The molecule has 0 aliphatic heterocycles. The second kappa shape index (κ2) is 4.72. The molecule has 0 heterocycles. The maximum atomic E-state index is 10.1. The molecule has 0 aromatic heterocycles. The van der Waals surface area contributed by atoms with Gasteiger partial charge in [-0.05, 0) is 12.1 Å². The Morgan fingerprint density at radius 1 is 1.62 bits per heavy atom. The summed E-state index contributed by atoms with van der Waals surface area (Å²) < 4.78 is 5.08. The number of carbonyl (C=O) groups is 1. The van der Waals surface area contributed by atoms with Gasteiger partial charge >= 0.3 is 0 Å². The van der Waals surface area contributed by atoms with Gasteiger partial charge in [-0.15, -0.1) is 0 Å². The van der Waals surface area contributed by atoms with E-state index >= 15 is 0 Å². The van der Waals surface area contributed by atoms with Crippen LogP contribution in [0.4, 0.5) is 0 Å². The summed E-state index contributed by atoms with van der Waals surface area (Å²) in [6.07, 6.45) is 0.628. The number of halogens is 1. The molecule has 0 atom stereocenters. The molecule has 0 unspecified atom stereocenters. The number of nitrogens with one attached hydrogen (secondary N) is 1. The topological polar surface area (TPSA) is 38.3 Å². The second-order valence-electron chi connectivity index (χ2n) is 2.42. The molecule has 0 saturated heterocycles. The van der Waals surface area contributed by atoms with Crippen molar-refractivity contribution < 1.29 is 9.53 Å². The quantitative estimate of drug-likeness (QED) is 0.748. The Balaban J connectivity index is 2.93. The van der Waals surface area contributed by atoms with Crippen LogP contribution in [-0.2, 0) is 11.3 Å². The molecule has 0 aliphatic carbocycles. The second-order valence-corrected chi connectivity index (χ2v) is 2.83. The van der Waals surface area contributed by atoms with Crippen LogP contribution in [0.15, 0.2) is 18.2 Å². The van der Waals surface area contributed by atoms with Crippen LogP contribution in [-0.4, -0.2) is 13.5 Å². The number of benzene rings is 1. The van der Waals surface area contributed by atoms with Gasteiger partial charge in [0, 0.05) is 17.1 Å². The lowest BCUT2D eigenvalue weighted by Gasteiger charge is -2.08. The Bertz CT molecular complexity index is 302. The van der Waals surface area contributed by atoms with E-state index < -0.39 is 0 Å². The van der Waals surface area contributed by atoms with Crippen LogP contribution in [0, 0.1) is 0 Å². The first-order chi connectivity index (χ1) is 6.29. The minimum atomic E-state index is 0.381. The number of hydrogen-bond acceptors (Lipinski definition) is 2. The van der Waals surface area contributed by atoms with Gasteiger partial charge in [0.25, 0.3) is 0 Å². The van der Waals surface area contributed by atoms with Gasteiger partial charge in [-0.3, -0.25) is 4.79 Å². The molecule has 0 aliphatic rings. The molecule has 3 nitrogen and oxygen atoms in total. The predicted molar refractivity (Wildman–Crippen MR) is 50.9 cm³/mol. The fourth-order valence-electron chi connectivity index (χ4n) is 1.05. The third-order valence-electron chi connectivity index (χ3n) is 1.66. The van der Waals surface area contributed by atoms with Crippen molar-refractivity contribution in [2.45, 2.75) is 6.54 Å². The van der Waals surface area contributed by atoms with Crippen LogP contribution in [0.1, 0.15) is 5.56 Å². The first kappa shape index (κ1) is 9.86. The lowest BCUT2D eigenvalue weighted by molar-refractivity contribution is -0.109. The molecule has 0 bridgehead atoms. The molecule has 1 N–H and O–H groups in total. The fraction of sp³-hybridized carbons (Fsp3) is 0.222. The number of hydrogen-bond donors (Lipinski definition) is 1. The molecule has 0 fully saturated rings. The Morgan fingerprint density at radius 3 is 3.00 bits per heavy atom. The summed E-state index contributed by atoms with van der Waals surface area (Å²) in [6, 6.07) is 5.35. The highest BCUT2D eigenvalue weighted by molar-refractivity contribution is 6.31. The van der Waals surface area contributed by atoms with Gasteiger partial charge < -0.3 is 10.1 Å². The van der Waals surface area contributed by atoms with Crippen molar-refractivity contribution in [1.82, 2.24) is 5.32 Å². The zero-order valence-electron chi connectivity index (χ0n) is 7.21. The van der Waals surface area contributed by atoms with Crippen LogP contribution in [0.25, 0.3) is 0 Å². The van der Waals surface area contributed by atoms with E-state index in [1.54, 1.807) is 25.3 Å². The first-order valence-corrected chi connectivity index (χ1v) is 4.15. The minimum absolute atomic E-state index is 0.381. The summed E-state index contributed by atoms with van der Waals surface area (Å²) in [5.74, 6) is 0.682. The predicted octanol–water partition coefficient (Wildman–Crippen LogP) is 1.59. The third kappa shape index (κ3) is 2.36. The van der Waals surface area contributed by atoms with Gasteiger partial charge in [0.15, 0.2) is 0 Å². The van der Waals surface area contributed by atoms with Gasteiger partial charge in [-0.25, -0.2) is 0 Å². The van der Waals surface area contributed by atoms with Crippen LogP contribution in [0.3, 0.4) is 0 Å². The lowest BCUT2D eigenvalue weighted by atomic mass is 10.2. The van der Waals surface area contributed by atoms with Crippen molar-refractivity contribution in [1.29, 1.82) is 0 Å². The van der Waals surface area contributed by atoms with Crippen LogP contribution < -0.4 is 10.1 Å². The summed E-state index contributed by atoms with van der Waals surface area (Å²) in [4.78, 5) is 10.1. The zero-order valence-corrected chi connectivity index (χ0v) is 7.97. The molecule has 1 amide bonds. The normalized spacial score (nSPS) is 9.38. The Hall–Kier alpha value is -1.22. The van der Waals surface area contributed by atoms with Gasteiger partial charge in [0.05, 0.1) is 7.11 Å². The molecule has 13 heavy (non-hydrogen) atoms. The van der Waals surface area contributed by atoms with E-state index in [1.165, 1.54) is 0 Å². The molecule has 4 heteroatoms. The smallest absolute Gasteiger partial charge is 0.207 e. The Kier molecular flexibility index (Phi) is 3.58. The minimum Gasteiger partial charge on any atom is -0.496 e. The molecular formula is C9H10ClNO2. The van der Waals surface area contributed by atoms with Crippen LogP contribution in [0.5, 0.6) is 5.75 Å². The largest absolute Gasteiger partial charge is 0.496 e. The van der Waals surface area contributed by atoms with Crippen molar-refractivity contribution in [2.75, 3.05) is 7.11 Å². The van der Waals surface area contributed by atoms with E-state index in [0.717, 1.165) is 5.56 Å². The maximum absolute atomic E-state index is 10.1. The average molecular weight is 200 g/mol. The highest BCUT2D eigenvalue weighted by atomic mass is 35.5. The van der Waals surface area contributed by atoms with E-state index in [1.807, 2.05) is 0 Å². The average Bonchev–Trinajstić information content (AvgIpc) is 2.15. The number of rotatable bonds is 4. The third-order valence-corrected chi connectivity index (χ3v) is 2.01. The van der Waals surface area contributed by atoms with Crippen molar-refractivity contribution >= 4 is 18.0 Å². The number of carbonyl (C=O) groups excluding carboxylic acids is 1. The molecule has 0 radical (unpaired) electrons. The molecule has 1 aromatic carbocycles. The molecule has 70 valence electrons. The van der Waals surface area contributed by atoms with E-state index in [4.69, 9.17) is 16.3 Å². The maximum Gasteiger partial charge on any atom is 0.207 e. The number of methoxy groups -OCH3 is 1. The molecule has 1 rings (SSSR count). The highest BCUT2D eigenvalue weighted by Crippen LogP contribution is 2.25. The highest BCUT2D eigenvalue weighted by Gasteiger charge is 2.05. The van der Waals surface area contributed by atoms with Gasteiger partial charge in [-0.2, -0.15) is 0 Å². The lowest BCUT2D eigenvalue weighted by Crippen LogP contribution is -2.11. The Labute approximate surface area is 81.7 Å². The van der Waals surface area contributed by atoms with E-state index in [2.05, 4.69) is 5.32 Å². The van der Waals surface area contributed by atoms with Crippen molar-refractivity contribution in [3.05, 3.63) is 28.8 Å². The monoisotopic (exact) mass is 199 g/mol. The van der Waals surface area contributed by atoms with Crippen molar-refractivity contribution in [3.63, 3.8) is 0 Å². The zero-order chi connectivity index (χ0) is 9.68. The number of amides is 1. The van der Waals surface area contributed by atoms with Gasteiger partial charge in [0.2, 0.25) is 6.41 Å². The van der Waals surface area contributed by atoms with Crippen LogP contribution >= 0.6 is 11.6 Å². The van der Waals surface area contributed by atoms with Crippen LogP contribution in [0.2, 0.25) is 5.02 Å². The summed E-state index contributed by atoms with van der Waals surface area (Å²) >= 11 is 5.91. The summed E-state index contributed by atoms with van der Waals surface area (Å²) in [6.45, 7) is 0.381. The van der Waals surface area contributed by atoms with E-state index in [-0.39, 0.29) is 0 Å².